The van der Waals surface area contributed by atoms with Gasteiger partial charge in [-0.1, -0.05) is 11.6 Å². The second-order valence-corrected chi connectivity index (χ2v) is 6.32. The molecule has 6 heteroatoms. The monoisotopic (exact) mass is 324 g/mol. The molecular weight excluding hydrogens is 304 g/mol. The smallest absolute Gasteiger partial charge is 0.223 e. The lowest BCUT2D eigenvalue weighted by molar-refractivity contribution is -0.124. The lowest BCUT2D eigenvalue weighted by Crippen LogP contribution is -2.31. The molecule has 1 aliphatic heterocycles. The van der Waals surface area contributed by atoms with Crippen molar-refractivity contribution in [2.24, 2.45) is 11.7 Å². The molecular formula is C16H21ClN2O3. The Hall–Kier alpha value is -1.46. The maximum absolute atomic E-state index is 12.0. The van der Waals surface area contributed by atoms with Crippen LogP contribution in [0.4, 0.5) is 0 Å². The van der Waals surface area contributed by atoms with E-state index in [2.05, 4.69) is 5.32 Å². The van der Waals surface area contributed by atoms with Crippen molar-refractivity contribution in [2.45, 2.75) is 31.7 Å². The van der Waals surface area contributed by atoms with E-state index in [1.807, 2.05) is 12.1 Å². The van der Waals surface area contributed by atoms with E-state index in [4.69, 9.17) is 26.8 Å². The van der Waals surface area contributed by atoms with Crippen LogP contribution in [-0.2, 0) is 11.2 Å². The number of ether oxygens (including phenoxy) is 2. The molecule has 0 radical (unpaired) electrons. The molecule has 5 nitrogen and oxygen atoms in total. The van der Waals surface area contributed by atoms with Crippen LogP contribution in [0.25, 0.3) is 0 Å². The van der Waals surface area contributed by atoms with Gasteiger partial charge in [0.2, 0.25) is 5.91 Å². The molecule has 1 aliphatic carbocycles. The van der Waals surface area contributed by atoms with Crippen molar-refractivity contribution in [1.82, 2.24) is 5.32 Å². The first kappa shape index (κ1) is 15.4. The van der Waals surface area contributed by atoms with Crippen molar-refractivity contribution in [3.05, 3.63) is 22.7 Å². The average molecular weight is 325 g/mol. The van der Waals surface area contributed by atoms with Crippen LogP contribution in [0.1, 0.15) is 24.8 Å². The van der Waals surface area contributed by atoms with Crippen molar-refractivity contribution in [3.8, 4) is 11.5 Å². The highest BCUT2D eigenvalue weighted by Gasteiger charge is 2.27. The van der Waals surface area contributed by atoms with E-state index in [1.165, 1.54) is 0 Å². The van der Waals surface area contributed by atoms with Gasteiger partial charge in [0.25, 0.3) is 0 Å². The van der Waals surface area contributed by atoms with Gasteiger partial charge in [-0.3, -0.25) is 4.79 Å². The molecule has 1 saturated carbocycles. The Bertz CT molecular complexity index is 565. The first-order valence-corrected chi connectivity index (χ1v) is 8.12. The minimum absolute atomic E-state index is 0.0684. The minimum atomic E-state index is 0.0684. The fourth-order valence-corrected chi connectivity index (χ4v) is 3.33. The topological polar surface area (TPSA) is 73.6 Å². The van der Waals surface area contributed by atoms with Crippen LogP contribution in [0.15, 0.2) is 12.1 Å². The van der Waals surface area contributed by atoms with E-state index in [9.17, 15) is 4.79 Å². The summed E-state index contributed by atoms with van der Waals surface area (Å²) < 4.78 is 11.0. The lowest BCUT2D eigenvalue weighted by Gasteiger charge is -2.20. The molecule has 0 saturated heterocycles. The second-order valence-electron chi connectivity index (χ2n) is 5.91. The Morgan fingerprint density at radius 3 is 2.91 bits per heavy atom. The van der Waals surface area contributed by atoms with Crippen molar-refractivity contribution < 1.29 is 14.3 Å². The van der Waals surface area contributed by atoms with Crippen molar-refractivity contribution >= 4 is 17.5 Å². The average Bonchev–Trinajstić information content (AvgIpc) is 2.94. The van der Waals surface area contributed by atoms with E-state index in [0.717, 1.165) is 24.8 Å². The maximum Gasteiger partial charge on any atom is 0.223 e. The number of hydrogen-bond donors (Lipinski definition) is 2. The van der Waals surface area contributed by atoms with Crippen LogP contribution in [0.5, 0.6) is 11.5 Å². The van der Waals surface area contributed by atoms with E-state index in [1.54, 1.807) is 0 Å². The number of fused-ring (bicyclic) bond motifs is 1. The van der Waals surface area contributed by atoms with Gasteiger partial charge in [0.05, 0.1) is 5.02 Å². The Kier molecular flexibility index (Phi) is 4.74. The van der Waals surface area contributed by atoms with E-state index >= 15 is 0 Å². The Labute approximate surface area is 135 Å². The predicted octanol–water partition coefficient (Wildman–Crippen LogP) is 1.90. The van der Waals surface area contributed by atoms with Gasteiger partial charge in [0.15, 0.2) is 11.5 Å². The van der Waals surface area contributed by atoms with E-state index < -0.39 is 0 Å². The predicted molar refractivity (Wildman–Crippen MR) is 84.5 cm³/mol. The van der Waals surface area contributed by atoms with Gasteiger partial charge in [-0.05, 0) is 43.4 Å². The quantitative estimate of drug-likeness (QED) is 0.887. The van der Waals surface area contributed by atoms with Crippen LogP contribution in [0.3, 0.4) is 0 Å². The summed E-state index contributed by atoms with van der Waals surface area (Å²) in [5.41, 5.74) is 6.87. The summed E-state index contributed by atoms with van der Waals surface area (Å²) in [4.78, 5) is 12.0. The highest BCUT2D eigenvalue weighted by molar-refractivity contribution is 6.32. The van der Waals surface area contributed by atoms with Crippen LogP contribution >= 0.6 is 11.6 Å². The molecule has 1 aromatic rings. The first-order chi connectivity index (χ1) is 10.6. The van der Waals surface area contributed by atoms with E-state index in [-0.39, 0.29) is 17.9 Å². The fraction of sp³-hybridized carbons (Fsp3) is 0.562. The van der Waals surface area contributed by atoms with Gasteiger partial charge in [-0.2, -0.15) is 0 Å². The van der Waals surface area contributed by atoms with Gasteiger partial charge < -0.3 is 20.5 Å². The molecule has 3 rings (SSSR count). The zero-order valence-corrected chi connectivity index (χ0v) is 13.2. The molecule has 0 aromatic heterocycles. The molecule has 22 heavy (non-hydrogen) atoms. The van der Waals surface area contributed by atoms with Gasteiger partial charge in [0.1, 0.15) is 13.2 Å². The van der Waals surface area contributed by atoms with Gasteiger partial charge in [-0.25, -0.2) is 0 Å². The minimum Gasteiger partial charge on any atom is -0.486 e. The molecule has 1 aromatic carbocycles. The van der Waals surface area contributed by atoms with Crippen molar-refractivity contribution in [2.75, 3.05) is 19.8 Å². The molecule has 1 amide bonds. The molecule has 2 unspecified atom stereocenters. The maximum atomic E-state index is 12.0. The Balaban J connectivity index is 1.53. The number of halogens is 1. The second kappa shape index (κ2) is 6.75. The normalized spacial score (nSPS) is 23.4. The molecule has 2 atom stereocenters. The molecule has 2 aliphatic rings. The largest absolute Gasteiger partial charge is 0.486 e. The summed E-state index contributed by atoms with van der Waals surface area (Å²) in [6, 6.07) is 3.97. The SMILES string of the molecule is NC1CCC(C(=O)NCCc2cc(Cl)c3c(c2)OCCO3)C1. The number of hydrogen-bond acceptors (Lipinski definition) is 4. The van der Waals surface area contributed by atoms with Gasteiger partial charge >= 0.3 is 0 Å². The summed E-state index contributed by atoms with van der Waals surface area (Å²) in [5, 5.41) is 3.54. The zero-order chi connectivity index (χ0) is 15.5. The molecule has 120 valence electrons. The molecule has 3 N–H and O–H groups in total. The van der Waals surface area contributed by atoms with Crippen LogP contribution in [0.2, 0.25) is 5.02 Å². The number of amides is 1. The third kappa shape index (κ3) is 3.47. The summed E-state index contributed by atoms with van der Waals surface area (Å²) in [5.74, 6) is 1.47. The number of benzene rings is 1. The Morgan fingerprint density at radius 2 is 2.14 bits per heavy atom. The van der Waals surface area contributed by atoms with Crippen LogP contribution in [-0.4, -0.2) is 31.7 Å². The number of carbonyl (C=O) groups excluding carboxylic acids is 1. The summed E-state index contributed by atoms with van der Waals surface area (Å²) in [6.45, 7) is 1.64. The number of nitrogens with two attached hydrogens (primary N) is 1. The molecule has 0 bridgehead atoms. The number of rotatable bonds is 4. The molecule has 0 spiro atoms. The number of carbonyl (C=O) groups is 1. The standard InChI is InChI=1S/C16H21ClN2O3/c17-13-7-10(8-14-15(13)22-6-5-21-14)3-4-19-16(20)11-1-2-12(18)9-11/h7-8,11-12H,1-6,9,18H2,(H,19,20). The zero-order valence-electron chi connectivity index (χ0n) is 12.4. The van der Waals surface area contributed by atoms with Crippen LogP contribution in [0, 0.1) is 5.92 Å². The number of nitrogens with one attached hydrogen (secondary N) is 1. The third-order valence-electron chi connectivity index (χ3n) is 4.21. The van der Waals surface area contributed by atoms with Gasteiger partial charge in [-0.15, -0.1) is 0 Å². The lowest BCUT2D eigenvalue weighted by atomic mass is 10.1. The molecule has 1 fully saturated rings. The highest BCUT2D eigenvalue weighted by atomic mass is 35.5. The molecule has 1 heterocycles. The van der Waals surface area contributed by atoms with E-state index in [0.29, 0.717) is 42.7 Å². The van der Waals surface area contributed by atoms with Gasteiger partial charge in [0, 0.05) is 18.5 Å². The highest BCUT2D eigenvalue weighted by Crippen LogP contribution is 2.38. The van der Waals surface area contributed by atoms with Crippen molar-refractivity contribution in [1.29, 1.82) is 0 Å². The van der Waals surface area contributed by atoms with Crippen LogP contribution < -0.4 is 20.5 Å². The summed E-state index contributed by atoms with van der Waals surface area (Å²) >= 11 is 6.20. The van der Waals surface area contributed by atoms with Crippen molar-refractivity contribution in [3.63, 3.8) is 0 Å². The third-order valence-corrected chi connectivity index (χ3v) is 4.49. The summed E-state index contributed by atoms with van der Waals surface area (Å²) in [7, 11) is 0. The summed E-state index contributed by atoms with van der Waals surface area (Å²) in [6.07, 6.45) is 3.33. The first-order valence-electron chi connectivity index (χ1n) is 7.75. The fourth-order valence-electron chi connectivity index (χ4n) is 3.04. The Morgan fingerprint density at radius 1 is 1.32 bits per heavy atom.